The highest BCUT2D eigenvalue weighted by molar-refractivity contribution is 5.36. The van der Waals surface area contributed by atoms with Crippen molar-refractivity contribution in [2.75, 3.05) is 26.2 Å². The zero-order valence-electron chi connectivity index (χ0n) is 15.1. The molecule has 0 saturated carbocycles. The third kappa shape index (κ3) is 4.02. The van der Waals surface area contributed by atoms with E-state index in [2.05, 4.69) is 29.2 Å². The van der Waals surface area contributed by atoms with E-state index in [1.54, 1.807) is 0 Å². The summed E-state index contributed by atoms with van der Waals surface area (Å²) in [6, 6.07) is 18.1. The second-order valence-corrected chi connectivity index (χ2v) is 7.47. The molecule has 26 heavy (non-hydrogen) atoms. The summed E-state index contributed by atoms with van der Waals surface area (Å²) in [6.45, 7) is 2.91. The number of ether oxygens (including phenoxy) is 2. The van der Waals surface area contributed by atoms with Gasteiger partial charge < -0.3 is 19.5 Å². The SMILES string of the molecule is O[C@H](COc1ccccc1)CN1CCC2(CCc3ccccc3O2)CC1. The molecule has 0 aliphatic carbocycles. The minimum Gasteiger partial charge on any atom is -0.491 e. The Morgan fingerprint density at radius 1 is 1.00 bits per heavy atom. The number of rotatable bonds is 5. The number of β-amino-alcohol motifs (C(OH)–C–C–N with tert-alkyl or cyclic N) is 1. The van der Waals surface area contributed by atoms with Crippen molar-refractivity contribution in [2.45, 2.75) is 37.4 Å². The van der Waals surface area contributed by atoms with Gasteiger partial charge in [-0.15, -0.1) is 0 Å². The van der Waals surface area contributed by atoms with E-state index in [9.17, 15) is 5.11 Å². The van der Waals surface area contributed by atoms with E-state index < -0.39 is 6.10 Å². The molecule has 1 saturated heterocycles. The van der Waals surface area contributed by atoms with Gasteiger partial charge in [0, 0.05) is 19.6 Å². The zero-order valence-corrected chi connectivity index (χ0v) is 15.1. The summed E-state index contributed by atoms with van der Waals surface area (Å²) >= 11 is 0. The molecule has 0 aromatic heterocycles. The van der Waals surface area contributed by atoms with Crippen LogP contribution >= 0.6 is 0 Å². The van der Waals surface area contributed by atoms with Crippen molar-refractivity contribution in [3.63, 3.8) is 0 Å². The zero-order chi connectivity index (χ0) is 17.8. The average Bonchev–Trinajstić information content (AvgIpc) is 2.69. The average molecular weight is 353 g/mol. The molecule has 1 atom stereocenters. The third-order valence-corrected chi connectivity index (χ3v) is 5.57. The number of aliphatic hydroxyl groups excluding tert-OH is 1. The molecular weight excluding hydrogens is 326 g/mol. The highest BCUT2D eigenvalue weighted by Gasteiger charge is 2.39. The van der Waals surface area contributed by atoms with Crippen LogP contribution in [0.3, 0.4) is 0 Å². The largest absolute Gasteiger partial charge is 0.491 e. The Bertz CT molecular complexity index is 710. The van der Waals surface area contributed by atoms with Gasteiger partial charge >= 0.3 is 0 Å². The molecule has 2 aliphatic rings. The van der Waals surface area contributed by atoms with E-state index in [-0.39, 0.29) is 5.60 Å². The van der Waals surface area contributed by atoms with Gasteiger partial charge in [0.1, 0.15) is 29.8 Å². The van der Waals surface area contributed by atoms with Gasteiger partial charge in [-0.3, -0.25) is 0 Å². The molecule has 0 unspecified atom stereocenters. The van der Waals surface area contributed by atoms with Crippen LogP contribution in [0.4, 0.5) is 0 Å². The van der Waals surface area contributed by atoms with Crippen LogP contribution in [0, 0.1) is 0 Å². The van der Waals surface area contributed by atoms with E-state index in [1.807, 2.05) is 30.3 Å². The van der Waals surface area contributed by atoms with Gasteiger partial charge in [0.05, 0.1) is 0 Å². The Morgan fingerprint density at radius 2 is 1.73 bits per heavy atom. The van der Waals surface area contributed by atoms with Gasteiger partial charge in [-0.25, -0.2) is 0 Å². The van der Waals surface area contributed by atoms with E-state index in [4.69, 9.17) is 9.47 Å². The van der Waals surface area contributed by atoms with Crippen LogP contribution < -0.4 is 9.47 Å². The summed E-state index contributed by atoms with van der Waals surface area (Å²) in [4.78, 5) is 2.33. The maximum Gasteiger partial charge on any atom is 0.123 e. The number of aryl methyl sites for hydroxylation is 1. The monoisotopic (exact) mass is 353 g/mol. The first-order valence-corrected chi connectivity index (χ1v) is 9.58. The molecule has 1 fully saturated rings. The van der Waals surface area contributed by atoms with E-state index in [0.717, 1.165) is 50.3 Å². The molecule has 0 radical (unpaired) electrons. The number of likely N-dealkylation sites (tertiary alicyclic amines) is 1. The van der Waals surface area contributed by atoms with Crippen LogP contribution in [-0.4, -0.2) is 48.0 Å². The number of fused-ring (bicyclic) bond motifs is 1. The molecule has 2 aliphatic heterocycles. The molecule has 1 N–H and O–H groups in total. The quantitative estimate of drug-likeness (QED) is 0.896. The van der Waals surface area contributed by atoms with Crippen molar-refractivity contribution in [1.82, 2.24) is 4.90 Å². The van der Waals surface area contributed by atoms with Crippen LogP contribution in [-0.2, 0) is 6.42 Å². The molecule has 2 aromatic carbocycles. The summed E-state index contributed by atoms with van der Waals surface area (Å²) in [5, 5.41) is 10.3. The maximum absolute atomic E-state index is 10.3. The Labute approximate surface area is 155 Å². The van der Waals surface area contributed by atoms with Crippen molar-refractivity contribution < 1.29 is 14.6 Å². The van der Waals surface area contributed by atoms with Gasteiger partial charge in [-0.05, 0) is 49.4 Å². The first kappa shape index (κ1) is 17.4. The molecule has 1 spiro atoms. The molecule has 2 aromatic rings. The minimum atomic E-state index is -0.475. The fraction of sp³-hybridized carbons (Fsp3) is 0.455. The van der Waals surface area contributed by atoms with Crippen molar-refractivity contribution in [2.24, 2.45) is 0 Å². The van der Waals surface area contributed by atoms with Gasteiger partial charge in [0.15, 0.2) is 0 Å². The van der Waals surface area contributed by atoms with E-state index >= 15 is 0 Å². The van der Waals surface area contributed by atoms with Gasteiger partial charge in [-0.1, -0.05) is 36.4 Å². The first-order chi connectivity index (χ1) is 12.7. The number of piperidine rings is 1. The van der Waals surface area contributed by atoms with Crippen LogP contribution in [0.25, 0.3) is 0 Å². The number of aliphatic hydroxyl groups is 1. The molecule has 4 nitrogen and oxygen atoms in total. The first-order valence-electron chi connectivity index (χ1n) is 9.58. The second kappa shape index (κ2) is 7.68. The Morgan fingerprint density at radius 3 is 2.54 bits per heavy atom. The van der Waals surface area contributed by atoms with Crippen molar-refractivity contribution in [3.8, 4) is 11.5 Å². The number of nitrogens with zero attached hydrogens (tertiary/aromatic N) is 1. The lowest BCUT2D eigenvalue weighted by Gasteiger charge is -2.45. The Kier molecular flexibility index (Phi) is 5.14. The van der Waals surface area contributed by atoms with Gasteiger partial charge in [0.2, 0.25) is 0 Å². The lowest BCUT2D eigenvalue weighted by Crippen LogP contribution is -2.51. The normalized spacial score (nSPS) is 20.2. The molecular formula is C22H27NO3. The molecule has 4 heteroatoms. The molecule has 0 bridgehead atoms. The van der Waals surface area contributed by atoms with Crippen LogP contribution in [0.5, 0.6) is 11.5 Å². The highest BCUT2D eigenvalue weighted by Crippen LogP contribution is 2.39. The topological polar surface area (TPSA) is 41.9 Å². The standard InChI is InChI=1S/C22H27NO3/c24-19(17-25-20-7-2-1-3-8-20)16-23-14-12-22(13-15-23)11-10-18-6-4-5-9-21(18)26-22/h1-9,19,24H,10-17H2/t19-/m0/s1. The van der Waals surface area contributed by atoms with Gasteiger partial charge in [0.25, 0.3) is 0 Å². The predicted molar refractivity (Wildman–Crippen MR) is 102 cm³/mol. The summed E-state index contributed by atoms with van der Waals surface area (Å²) in [6.07, 6.45) is 3.76. The second-order valence-electron chi connectivity index (χ2n) is 7.47. The summed E-state index contributed by atoms with van der Waals surface area (Å²) in [7, 11) is 0. The highest BCUT2D eigenvalue weighted by atomic mass is 16.5. The number of benzene rings is 2. The van der Waals surface area contributed by atoms with E-state index in [0.29, 0.717) is 13.2 Å². The Hall–Kier alpha value is -2.04. The number of para-hydroxylation sites is 2. The predicted octanol–water partition coefficient (Wildman–Crippen LogP) is 3.29. The number of hydrogen-bond donors (Lipinski definition) is 1. The maximum atomic E-state index is 10.3. The molecule has 2 heterocycles. The summed E-state index contributed by atoms with van der Waals surface area (Å²) in [5.74, 6) is 1.86. The van der Waals surface area contributed by atoms with Crippen LogP contribution in [0.1, 0.15) is 24.8 Å². The van der Waals surface area contributed by atoms with E-state index in [1.165, 1.54) is 5.56 Å². The van der Waals surface area contributed by atoms with Crippen molar-refractivity contribution in [1.29, 1.82) is 0 Å². The van der Waals surface area contributed by atoms with Crippen LogP contribution in [0.2, 0.25) is 0 Å². The lowest BCUT2D eigenvalue weighted by atomic mass is 9.83. The smallest absolute Gasteiger partial charge is 0.123 e. The fourth-order valence-electron chi connectivity index (χ4n) is 4.01. The Balaban J connectivity index is 1.25. The van der Waals surface area contributed by atoms with Crippen molar-refractivity contribution in [3.05, 3.63) is 60.2 Å². The van der Waals surface area contributed by atoms with Crippen LogP contribution in [0.15, 0.2) is 54.6 Å². The lowest BCUT2D eigenvalue weighted by molar-refractivity contribution is -0.0271. The third-order valence-electron chi connectivity index (χ3n) is 5.57. The van der Waals surface area contributed by atoms with Gasteiger partial charge in [-0.2, -0.15) is 0 Å². The molecule has 138 valence electrons. The fourth-order valence-corrected chi connectivity index (χ4v) is 4.01. The summed E-state index contributed by atoms with van der Waals surface area (Å²) < 4.78 is 12.1. The summed E-state index contributed by atoms with van der Waals surface area (Å²) in [5.41, 5.74) is 1.31. The minimum absolute atomic E-state index is 0.0175. The van der Waals surface area contributed by atoms with Crippen molar-refractivity contribution >= 4 is 0 Å². The molecule has 0 amide bonds. The molecule has 4 rings (SSSR count). The number of hydrogen-bond acceptors (Lipinski definition) is 4.